The summed E-state index contributed by atoms with van der Waals surface area (Å²) in [7, 11) is 0. The van der Waals surface area contributed by atoms with Gasteiger partial charge in [-0.25, -0.2) is 0 Å². The molecule has 0 saturated carbocycles. The van der Waals surface area contributed by atoms with Crippen LogP contribution < -0.4 is 0 Å². The second-order valence-corrected chi connectivity index (χ2v) is 0.771. The van der Waals surface area contributed by atoms with E-state index in [1.165, 1.54) is 0 Å². The fourth-order valence-electron chi connectivity index (χ4n) is 0. The van der Waals surface area contributed by atoms with E-state index in [9.17, 15) is 0 Å². The van der Waals surface area contributed by atoms with Gasteiger partial charge in [0.15, 0.2) is 0 Å². The summed E-state index contributed by atoms with van der Waals surface area (Å²) in [5.41, 5.74) is 0. The molecule has 0 aromatic carbocycles. The molecule has 0 radical (unpaired) electrons. The van der Waals surface area contributed by atoms with Crippen LogP contribution >= 0.6 is 11.9 Å². The molecule has 0 spiro atoms. The van der Waals surface area contributed by atoms with Crippen molar-refractivity contribution in [1.29, 1.82) is 0 Å². The summed E-state index contributed by atoms with van der Waals surface area (Å²) in [5, 5.41) is 0. The topological polar surface area (TPSA) is 29.4 Å². The van der Waals surface area contributed by atoms with Crippen molar-refractivity contribution < 1.29 is 0 Å². The van der Waals surface area contributed by atoms with Crippen LogP contribution in [0.25, 0.3) is 0 Å². The fraction of sp³-hybridized carbons (Fsp3) is 1.00. The highest BCUT2D eigenvalue weighted by Gasteiger charge is 1.51. The lowest BCUT2D eigenvalue weighted by molar-refractivity contribution is 1.87. The van der Waals surface area contributed by atoms with E-state index in [-0.39, 0.29) is 0 Å². The van der Waals surface area contributed by atoms with Crippen molar-refractivity contribution in [1.82, 2.24) is 0 Å². The molecule has 0 heterocycles. The van der Waals surface area contributed by atoms with E-state index in [4.69, 9.17) is 4.91 Å². The highest BCUT2D eigenvalue weighted by Crippen LogP contribution is 1.85. The number of nitrogens with zero attached hydrogens (tertiary/aromatic N) is 1. The first-order valence-corrected chi connectivity index (χ1v) is 1.96. The Kier molecular flexibility index (Phi) is 2.91. The minimum Gasteiger partial charge on any atom is -0.137 e. The van der Waals surface area contributed by atoms with Crippen molar-refractivity contribution >= 4 is 11.9 Å². The summed E-state index contributed by atoms with van der Waals surface area (Å²) in [6.45, 7) is 0. The lowest BCUT2D eigenvalue weighted by atomic mass is 12.0. The van der Waals surface area contributed by atoms with Crippen molar-refractivity contribution in [2.45, 2.75) is 0 Å². The Bertz CT molecular complexity index is 22.0. The first-order valence-electron chi connectivity index (χ1n) is 0.773. The summed E-state index contributed by atoms with van der Waals surface area (Å²) < 4.78 is 2.40. The van der Waals surface area contributed by atoms with Gasteiger partial charge in [0.05, 0.1) is 0 Å². The molecular formula is CH3NOS. The highest BCUT2D eigenvalue weighted by atomic mass is 32.2. The van der Waals surface area contributed by atoms with Gasteiger partial charge in [0.25, 0.3) is 0 Å². The molecule has 0 unspecified atom stereocenters. The molecule has 4 heavy (non-hydrogen) atoms. The van der Waals surface area contributed by atoms with Crippen LogP contribution in [0, 0.1) is 4.91 Å². The highest BCUT2D eigenvalue weighted by molar-refractivity contribution is 7.97. The summed E-state index contributed by atoms with van der Waals surface area (Å²) in [6, 6.07) is 0. The smallest absolute Gasteiger partial charge is 0.0169 e. The Hall–Kier alpha value is -0.0500. The predicted octanol–water partition coefficient (Wildman–Crippen LogP) is 1.03. The third-order valence-electron chi connectivity index (χ3n) is 0.0745. The molecule has 0 rings (SSSR count). The molecule has 24 valence electrons. The minimum absolute atomic E-state index is 0.926. The van der Waals surface area contributed by atoms with E-state index in [2.05, 4.69) is 4.58 Å². The third-order valence-corrected chi connectivity index (χ3v) is 0.224. The summed E-state index contributed by atoms with van der Waals surface area (Å²) in [6.07, 6.45) is 1.62. The van der Waals surface area contributed by atoms with Crippen LogP contribution in [-0.2, 0) is 0 Å². The SMILES string of the molecule is CSN=O. The molecule has 0 fully saturated rings. The van der Waals surface area contributed by atoms with Gasteiger partial charge in [-0.2, -0.15) is 0 Å². The zero-order valence-electron chi connectivity index (χ0n) is 2.26. The van der Waals surface area contributed by atoms with E-state index in [0.29, 0.717) is 0 Å². The van der Waals surface area contributed by atoms with Crippen molar-refractivity contribution in [3.8, 4) is 0 Å². The molecule has 0 aromatic heterocycles. The van der Waals surface area contributed by atoms with Crippen molar-refractivity contribution in [2.75, 3.05) is 6.26 Å². The Balaban J connectivity index is 2.30. The molecule has 0 atom stereocenters. The first-order chi connectivity index (χ1) is 1.91. The van der Waals surface area contributed by atoms with Crippen molar-refractivity contribution in [3.63, 3.8) is 0 Å². The molecule has 2 nitrogen and oxygen atoms in total. The fourth-order valence-corrected chi connectivity index (χ4v) is 0. The molecular weight excluding hydrogens is 74.1 g/mol. The number of nitroso groups, excluding NO2 is 1. The monoisotopic (exact) mass is 77.0 g/mol. The van der Waals surface area contributed by atoms with Crippen LogP contribution in [0.5, 0.6) is 0 Å². The van der Waals surface area contributed by atoms with E-state index in [0.717, 1.165) is 11.9 Å². The molecule has 0 aliphatic heterocycles. The average Bonchev–Trinajstić information content (AvgIpc) is 1.37. The maximum Gasteiger partial charge on any atom is 0.0169 e. The van der Waals surface area contributed by atoms with Gasteiger partial charge in [-0.05, 0) is 0 Å². The third kappa shape index (κ3) is 1.95. The van der Waals surface area contributed by atoms with Crippen molar-refractivity contribution in [2.24, 2.45) is 4.58 Å². The lowest BCUT2D eigenvalue weighted by Crippen LogP contribution is -1.25. The molecule has 3 heteroatoms. The van der Waals surface area contributed by atoms with E-state index in [1.807, 2.05) is 0 Å². The maximum absolute atomic E-state index is 8.89. The molecule has 0 aliphatic carbocycles. The standard InChI is InChI=1S/CH3NOS/c1-4-2-3/h1H3. The summed E-state index contributed by atoms with van der Waals surface area (Å²) >= 11 is 0.926. The normalized spacial score (nSPS) is 6.25. The molecule has 0 aliphatic rings. The van der Waals surface area contributed by atoms with Crippen LogP contribution in [0.3, 0.4) is 0 Å². The zero-order valence-corrected chi connectivity index (χ0v) is 3.08. The molecule has 0 amide bonds. The largest absolute Gasteiger partial charge is 0.137 e. The Morgan fingerprint density at radius 3 is 2.25 bits per heavy atom. The van der Waals surface area contributed by atoms with Crippen LogP contribution in [0.15, 0.2) is 4.58 Å². The van der Waals surface area contributed by atoms with Crippen LogP contribution in [0.2, 0.25) is 0 Å². The molecule has 0 bridgehead atoms. The van der Waals surface area contributed by atoms with Gasteiger partial charge in [-0.1, -0.05) is 0 Å². The van der Waals surface area contributed by atoms with Gasteiger partial charge in [-0.15, -0.1) is 4.91 Å². The average molecular weight is 77.1 g/mol. The van der Waals surface area contributed by atoms with Crippen LogP contribution in [0.1, 0.15) is 0 Å². The minimum atomic E-state index is 0.926. The van der Waals surface area contributed by atoms with Crippen LogP contribution in [-0.4, -0.2) is 6.26 Å². The second-order valence-electron chi connectivity index (χ2n) is 0.257. The maximum atomic E-state index is 8.89. The van der Waals surface area contributed by atoms with Crippen LogP contribution in [0.4, 0.5) is 0 Å². The number of hydrogen-bond acceptors (Lipinski definition) is 3. The quantitative estimate of drug-likeness (QED) is 0.345. The van der Waals surface area contributed by atoms with E-state index in [1.54, 1.807) is 6.26 Å². The summed E-state index contributed by atoms with van der Waals surface area (Å²) in [5.74, 6) is 0. The van der Waals surface area contributed by atoms with Gasteiger partial charge in [0.1, 0.15) is 0 Å². The van der Waals surface area contributed by atoms with E-state index < -0.39 is 0 Å². The Morgan fingerprint density at radius 1 is 2.00 bits per heavy atom. The molecule has 0 aromatic rings. The van der Waals surface area contributed by atoms with Gasteiger partial charge in [0.2, 0.25) is 0 Å². The zero-order chi connectivity index (χ0) is 3.41. The predicted molar refractivity (Wildman–Crippen MR) is 19.3 cm³/mol. The number of hydrogen-bond donors (Lipinski definition) is 0. The first kappa shape index (κ1) is 3.95. The van der Waals surface area contributed by atoms with Gasteiger partial charge in [0, 0.05) is 22.8 Å². The lowest BCUT2D eigenvalue weighted by Gasteiger charge is -1.51. The summed E-state index contributed by atoms with van der Waals surface area (Å²) in [4.78, 5) is 8.89. The Labute approximate surface area is 28.7 Å². The van der Waals surface area contributed by atoms with Gasteiger partial charge in [-0.3, -0.25) is 0 Å². The van der Waals surface area contributed by atoms with E-state index >= 15 is 0 Å². The second kappa shape index (κ2) is 2.95. The van der Waals surface area contributed by atoms with Crippen molar-refractivity contribution in [3.05, 3.63) is 4.91 Å². The van der Waals surface area contributed by atoms with Gasteiger partial charge < -0.3 is 0 Å². The Morgan fingerprint density at radius 2 is 2.25 bits per heavy atom. The molecule has 0 N–H and O–H groups in total. The van der Waals surface area contributed by atoms with Gasteiger partial charge >= 0.3 is 0 Å². The molecule has 0 saturated heterocycles. The number of rotatable bonds is 1.